The van der Waals surface area contributed by atoms with Crippen LogP contribution in [-0.4, -0.2) is 15.7 Å². The first-order valence-electron chi connectivity index (χ1n) is 2.55. The SMILES string of the molecule is O=P(O)(O)C(CCCl)=C(F)F. The third-order valence-corrected chi connectivity index (χ3v) is 2.19. The van der Waals surface area contributed by atoms with Crippen LogP contribution in [0.3, 0.4) is 0 Å². The summed E-state index contributed by atoms with van der Waals surface area (Å²) in [6.45, 7) is 0. The molecule has 3 nitrogen and oxygen atoms in total. The first-order chi connectivity index (χ1) is 4.89. The highest BCUT2D eigenvalue weighted by Gasteiger charge is 2.25. The minimum absolute atomic E-state index is 0.238. The maximum atomic E-state index is 11.7. The van der Waals surface area contributed by atoms with Gasteiger partial charge >= 0.3 is 7.60 Å². The topological polar surface area (TPSA) is 57.5 Å². The summed E-state index contributed by atoms with van der Waals surface area (Å²) >= 11 is 5.04. The van der Waals surface area contributed by atoms with Gasteiger partial charge in [-0.25, -0.2) is 0 Å². The molecule has 0 unspecified atom stereocenters. The zero-order chi connectivity index (χ0) is 9.07. The fourth-order valence-electron chi connectivity index (χ4n) is 0.440. The fourth-order valence-corrected chi connectivity index (χ4v) is 1.38. The molecule has 2 N–H and O–H groups in total. The lowest BCUT2D eigenvalue weighted by atomic mass is 10.5. The predicted octanol–water partition coefficient (Wildman–Crippen LogP) is 1.90. The van der Waals surface area contributed by atoms with Gasteiger partial charge in [0.1, 0.15) is 5.31 Å². The highest BCUT2D eigenvalue weighted by Crippen LogP contribution is 2.48. The molecule has 0 fully saturated rings. The van der Waals surface area contributed by atoms with Crippen LogP contribution in [0.5, 0.6) is 0 Å². The van der Waals surface area contributed by atoms with Crippen LogP contribution in [0.1, 0.15) is 6.42 Å². The van der Waals surface area contributed by atoms with Gasteiger partial charge < -0.3 is 9.79 Å². The second-order valence-electron chi connectivity index (χ2n) is 1.69. The molecule has 11 heavy (non-hydrogen) atoms. The van der Waals surface area contributed by atoms with Crippen molar-refractivity contribution >= 4 is 19.2 Å². The molecule has 0 aliphatic carbocycles. The van der Waals surface area contributed by atoms with Gasteiger partial charge in [0.2, 0.25) is 0 Å². The normalized spacial score (nSPS) is 11.4. The molecule has 0 aliphatic heterocycles. The van der Waals surface area contributed by atoms with Gasteiger partial charge in [0.15, 0.2) is 0 Å². The molecule has 7 heteroatoms. The summed E-state index contributed by atoms with van der Waals surface area (Å²) in [6, 6.07) is 0. The quantitative estimate of drug-likeness (QED) is 0.548. The summed E-state index contributed by atoms with van der Waals surface area (Å²) in [6.07, 6.45) is -2.84. The van der Waals surface area contributed by atoms with Crippen molar-refractivity contribution in [3.05, 3.63) is 11.4 Å². The first-order valence-corrected chi connectivity index (χ1v) is 4.70. The van der Waals surface area contributed by atoms with E-state index in [1.807, 2.05) is 0 Å². The molecule has 66 valence electrons. The molecular weight excluding hydrogens is 200 g/mol. The van der Waals surface area contributed by atoms with Crippen molar-refractivity contribution in [3.8, 4) is 0 Å². The van der Waals surface area contributed by atoms with Crippen molar-refractivity contribution < 1.29 is 23.1 Å². The molecule has 0 saturated heterocycles. The van der Waals surface area contributed by atoms with Gasteiger partial charge in [-0.2, -0.15) is 8.78 Å². The number of alkyl halides is 1. The first kappa shape index (κ1) is 11.0. The maximum Gasteiger partial charge on any atom is 0.357 e. The molecule has 0 amide bonds. The Morgan fingerprint density at radius 1 is 1.45 bits per heavy atom. The van der Waals surface area contributed by atoms with Gasteiger partial charge in [0, 0.05) is 5.88 Å². The summed E-state index contributed by atoms with van der Waals surface area (Å²) in [5, 5.41) is -1.17. The lowest BCUT2D eigenvalue weighted by Crippen LogP contribution is -1.89. The molecule has 0 spiro atoms. The molecule has 0 aromatic carbocycles. The standard InChI is InChI=1S/C4H6ClF2O3P/c5-2-1-3(4(6)7)11(8,9)10/h1-2H2,(H2,8,9,10). The Morgan fingerprint density at radius 2 is 1.91 bits per heavy atom. The van der Waals surface area contributed by atoms with Crippen LogP contribution in [0.15, 0.2) is 11.4 Å². The summed E-state index contributed by atoms with van der Waals surface area (Å²) in [5.41, 5.74) is 0. The van der Waals surface area contributed by atoms with Crippen molar-refractivity contribution in [1.82, 2.24) is 0 Å². The Kier molecular flexibility index (Phi) is 4.18. The minimum atomic E-state index is -4.80. The molecule has 0 aromatic heterocycles. The smallest absolute Gasteiger partial charge is 0.321 e. The van der Waals surface area contributed by atoms with Gasteiger partial charge in [0.25, 0.3) is 6.08 Å². The van der Waals surface area contributed by atoms with Crippen LogP contribution in [0.25, 0.3) is 0 Å². The zero-order valence-electron chi connectivity index (χ0n) is 5.30. The fraction of sp³-hybridized carbons (Fsp3) is 0.500. The van der Waals surface area contributed by atoms with Gasteiger partial charge in [-0.1, -0.05) is 0 Å². The average molecular weight is 207 g/mol. The number of halogens is 3. The highest BCUT2D eigenvalue weighted by atomic mass is 35.5. The van der Waals surface area contributed by atoms with E-state index in [0.717, 1.165) is 0 Å². The van der Waals surface area contributed by atoms with Crippen LogP contribution >= 0.6 is 19.2 Å². The lowest BCUT2D eigenvalue weighted by molar-refractivity contribution is 0.366. The molecule has 0 heterocycles. The number of rotatable bonds is 3. The molecule has 0 aliphatic rings. The van der Waals surface area contributed by atoms with E-state index in [-0.39, 0.29) is 5.88 Å². The van der Waals surface area contributed by atoms with Gasteiger partial charge in [-0.15, -0.1) is 11.6 Å². The van der Waals surface area contributed by atoms with Crippen molar-refractivity contribution in [2.75, 3.05) is 5.88 Å². The Balaban J connectivity index is 4.65. The summed E-state index contributed by atoms with van der Waals surface area (Å²) in [7, 11) is -4.80. The zero-order valence-corrected chi connectivity index (χ0v) is 6.95. The Bertz CT molecular complexity index is 207. The van der Waals surface area contributed by atoms with Crippen LogP contribution in [0.2, 0.25) is 0 Å². The van der Waals surface area contributed by atoms with Crippen LogP contribution < -0.4 is 0 Å². The molecular formula is C4H6ClF2O3P. The van der Waals surface area contributed by atoms with Gasteiger partial charge in [-0.05, 0) is 6.42 Å². The summed E-state index contributed by atoms with van der Waals surface area (Å²) in [4.78, 5) is 16.6. The van der Waals surface area contributed by atoms with E-state index in [1.165, 1.54) is 0 Å². The van der Waals surface area contributed by atoms with E-state index >= 15 is 0 Å². The molecule has 0 saturated carbocycles. The Labute approximate surface area is 66.8 Å². The summed E-state index contributed by atoms with van der Waals surface area (Å²) < 4.78 is 33.7. The Morgan fingerprint density at radius 3 is 2.00 bits per heavy atom. The number of allylic oxidation sites excluding steroid dienone is 1. The van der Waals surface area contributed by atoms with E-state index < -0.39 is 25.4 Å². The number of hydrogen-bond acceptors (Lipinski definition) is 1. The van der Waals surface area contributed by atoms with Crippen molar-refractivity contribution in [2.45, 2.75) is 6.42 Å². The van der Waals surface area contributed by atoms with Gasteiger partial charge in [-0.3, -0.25) is 4.57 Å². The maximum absolute atomic E-state index is 11.7. The molecule has 0 rings (SSSR count). The van der Waals surface area contributed by atoms with Crippen LogP contribution in [-0.2, 0) is 4.57 Å². The lowest BCUT2D eigenvalue weighted by Gasteiger charge is -2.04. The summed E-state index contributed by atoms with van der Waals surface area (Å²) in [5.74, 6) is -0.238. The Hall–Kier alpha value is 0.0400. The highest BCUT2D eigenvalue weighted by molar-refractivity contribution is 7.56. The third kappa shape index (κ3) is 3.82. The van der Waals surface area contributed by atoms with E-state index in [4.69, 9.17) is 21.4 Å². The van der Waals surface area contributed by atoms with Crippen LogP contribution in [0, 0.1) is 0 Å². The second kappa shape index (κ2) is 4.16. The van der Waals surface area contributed by atoms with Crippen molar-refractivity contribution in [1.29, 1.82) is 0 Å². The largest absolute Gasteiger partial charge is 0.357 e. The van der Waals surface area contributed by atoms with E-state index in [9.17, 15) is 13.3 Å². The monoisotopic (exact) mass is 206 g/mol. The van der Waals surface area contributed by atoms with E-state index in [0.29, 0.717) is 0 Å². The molecule has 0 aromatic rings. The molecule has 0 bridgehead atoms. The molecule has 0 radical (unpaired) electrons. The predicted molar refractivity (Wildman–Crippen MR) is 36.6 cm³/mol. The van der Waals surface area contributed by atoms with Crippen molar-refractivity contribution in [3.63, 3.8) is 0 Å². The average Bonchev–Trinajstić information content (AvgIpc) is 1.79. The van der Waals surface area contributed by atoms with Crippen molar-refractivity contribution in [2.24, 2.45) is 0 Å². The van der Waals surface area contributed by atoms with Gasteiger partial charge in [0.05, 0.1) is 0 Å². The van der Waals surface area contributed by atoms with Crippen LogP contribution in [0.4, 0.5) is 8.78 Å². The van der Waals surface area contributed by atoms with E-state index in [2.05, 4.69) is 0 Å². The third-order valence-electron chi connectivity index (χ3n) is 0.901. The van der Waals surface area contributed by atoms with E-state index in [1.54, 1.807) is 0 Å². The minimum Gasteiger partial charge on any atom is -0.321 e. The number of hydrogen-bond donors (Lipinski definition) is 2. The molecule has 0 atom stereocenters. The second-order valence-corrected chi connectivity index (χ2v) is 3.70.